The van der Waals surface area contributed by atoms with Gasteiger partial charge in [-0.2, -0.15) is 4.98 Å². The summed E-state index contributed by atoms with van der Waals surface area (Å²) >= 11 is 0. The van der Waals surface area contributed by atoms with Crippen molar-refractivity contribution in [1.82, 2.24) is 9.97 Å². The van der Waals surface area contributed by atoms with E-state index in [1.807, 2.05) is 0 Å². The SMILES string of the molecule is COc1ccnc(NS(=O)c2ccc(N)cc2)n1. The van der Waals surface area contributed by atoms with Gasteiger partial charge in [-0.05, 0) is 24.3 Å². The topological polar surface area (TPSA) is 90.1 Å². The molecule has 3 N–H and O–H groups in total. The fraction of sp³-hybridized carbons (Fsp3) is 0.0909. The average molecular weight is 264 g/mol. The van der Waals surface area contributed by atoms with Gasteiger partial charge in [0.2, 0.25) is 11.8 Å². The Kier molecular flexibility index (Phi) is 3.73. The van der Waals surface area contributed by atoms with E-state index in [-0.39, 0.29) is 5.95 Å². The van der Waals surface area contributed by atoms with Crippen molar-refractivity contribution in [2.75, 3.05) is 17.6 Å². The Morgan fingerprint density at radius 1 is 1.28 bits per heavy atom. The lowest BCUT2D eigenvalue weighted by Crippen LogP contribution is -2.08. The van der Waals surface area contributed by atoms with E-state index in [4.69, 9.17) is 10.5 Å². The lowest BCUT2D eigenvalue weighted by atomic mass is 10.3. The van der Waals surface area contributed by atoms with Crippen molar-refractivity contribution in [3.63, 3.8) is 0 Å². The molecule has 0 bridgehead atoms. The van der Waals surface area contributed by atoms with Gasteiger partial charge >= 0.3 is 0 Å². The minimum absolute atomic E-state index is 0.240. The number of nitrogens with zero attached hydrogens (tertiary/aromatic N) is 2. The van der Waals surface area contributed by atoms with Crippen LogP contribution in [0.15, 0.2) is 41.4 Å². The summed E-state index contributed by atoms with van der Waals surface area (Å²) in [5, 5.41) is 0. The van der Waals surface area contributed by atoms with Crippen LogP contribution in [0, 0.1) is 0 Å². The molecule has 0 saturated heterocycles. The van der Waals surface area contributed by atoms with E-state index >= 15 is 0 Å². The summed E-state index contributed by atoms with van der Waals surface area (Å²) in [5.41, 5.74) is 6.18. The lowest BCUT2D eigenvalue weighted by Gasteiger charge is -2.05. The summed E-state index contributed by atoms with van der Waals surface area (Å²) in [6, 6.07) is 8.33. The molecule has 0 radical (unpaired) electrons. The summed E-state index contributed by atoms with van der Waals surface area (Å²) < 4.78 is 19.6. The third kappa shape index (κ3) is 2.95. The summed E-state index contributed by atoms with van der Waals surface area (Å²) in [7, 11) is 0.0640. The first-order chi connectivity index (χ1) is 8.69. The number of anilines is 2. The average Bonchev–Trinajstić information content (AvgIpc) is 2.39. The number of methoxy groups -OCH3 is 1. The Labute approximate surface area is 107 Å². The molecule has 1 aromatic heterocycles. The van der Waals surface area contributed by atoms with Crippen LogP contribution in [0.1, 0.15) is 0 Å². The van der Waals surface area contributed by atoms with Crippen molar-refractivity contribution in [3.05, 3.63) is 36.5 Å². The Morgan fingerprint density at radius 3 is 2.67 bits per heavy atom. The third-order valence-electron chi connectivity index (χ3n) is 2.12. The van der Waals surface area contributed by atoms with E-state index in [0.29, 0.717) is 16.5 Å². The molecule has 1 aromatic carbocycles. The number of rotatable bonds is 4. The van der Waals surface area contributed by atoms with Gasteiger partial charge in [0.05, 0.1) is 12.0 Å². The Hall–Kier alpha value is -2.15. The molecular weight excluding hydrogens is 252 g/mol. The van der Waals surface area contributed by atoms with Crippen LogP contribution >= 0.6 is 0 Å². The van der Waals surface area contributed by atoms with Crippen LogP contribution in [-0.4, -0.2) is 21.3 Å². The lowest BCUT2D eigenvalue weighted by molar-refractivity contribution is 0.397. The van der Waals surface area contributed by atoms with Crippen molar-refractivity contribution >= 4 is 22.6 Å². The van der Waals surface area contributed by atoms with Crippen molar-refractivity contribution in [1.29, 1.82) is 0 Å². The van der Waals surface area contributed by atoms with E-state index in [1.54, 1.807) is 30.3 Å². The molecule has 0 aliphatic carbocycles. The van der Waals surface area contributed by atoms with Crippen LogP contribution < -0.4 is 15.2 Å². The van der Waals surface area contributed by atoms with Crippen LogP contribution in [-0.2, 0) is 11.0 Å². The maximum atomic E-state index is 12.0. The molecule has 0 aliphatic rings. The van der Waals surface area contributed by atoms with Gasteiger partial charge in [0.15, 0.2) is 11.0 Å². The monoisotopic (exact) mass is 264 g/mol. The minimum atomic E-state index is -1.44. The van der Waals surface area contributed by atoms with Gasteiger partial charge in [-0.15, -0.1) is 0 Å². The highest BCUT2D eigenvalue weighted by molar-refractivity contribution is 7.86. The standard InChI is InChI=1S/C11H12N4O2S/c1-17-10-6-7-13-11(14-10)15-18(16)9-4-2-8(12)3-5-9/h2-7H,12H2,1H3,(H,13,14,15). The molecule has 0 aliphatic heterocycles. The molecule has 0 amide bonds. The molecule has 94 valence electrons. The van der Waals surface area contributed by atoms with Gasteiger partial charge in [-0.1, -0.05) is 0 Å². The third-order valence-corrected chi connectivity index (χ3v) is 3.19. The van der Waals surface area contributed by atoms with Gasteiger partial charge in [0, 0.05) is 18.0 Å². The molecular formula is C11H12N4O2S. The Morgan fingerprint density at radius 2 is 2.00 bits per heavy atom. The van der Waals surface area contributed by atoms with Gasteiger partial charge in [-0.25, -0.2) is 9.19 Å². The number of aromatic nitrogens is 2. The van der Waals surface area contributed by atoms with Crippen molar-refractivity contribution < 1.29 is 8.95 Å². The van der Waals surface area contributed by atoms with Crippen molar-refractivity contribution in [2.45, 2.75) is 4.90 Å². The normalized spacial score (nSPS) is 11.8. The van der Waals surface area contributed by atoms with E-state index in [1.165, 1.54) is 13.3 Å². The second-order valence-corrected chi connectivity index (χ2v) is 4.58. The number of hydrogen-bond acceptors (Lipinski definition) is 5. The minimum Gasteiger partial charge on any atom is -0.481 e. The van der Waals surface area contributed by atoms with Crippen molar-refractivity contribution in [2.24, 2.45) is 0 Å². The molecule has 0 spiro atoms. The maximum Gasteiger partial charge on any atom is 0.238 e. The summed E-state index contributed by atoms with van der Waals surface area (Å²) in [5.74, 6) is 0.645. The molecule has 18 heavy (non-hydrogen) atoms. The second kappa shape index (κ2) is 5.46. The predicted molar refractivity (Wildman–Crippen MR) is 69.5 cm³/mol. The smallest absolute Gasteiger partial charge is 0.238 e. The van der Waals surface area contributed by atoms with Crippen LogP contribution in [0.5, 0.6) is 5.88 Å². The summed E-state index contributed by atoms with van der Waals surface area (Å²) in [6.45, 7) is 0. The first kappa shape index (κ1) is 12.3. The number of nitrogens with two attached hydrogens (primary N) is 1. The molecule has 0 fully saturated rings. The highest BCUT2D eigenvalue weighted by Gasteiger charge is 2.06. The number of nitrogens with one attached hydrogen (secondary N) is 1. The zero-order chi connectivity index (χ0) is 13.0. The van der Waals surface area contributed by atoms with Crippen LogP contribution in [0.2, 0.25) is 0 Å². The number of benzene rings is 1. The Bertz CT molecular complexity index is 559. The van der Waals surface area contributed by atoms with Crippen LogP contribution in [0.4, 0.5) is 11.6 Å². The van der Waals surface area contributed by atoms with Crippen molar-refractivity contribution in [3.8, 4) is 5.88 Å². The summed E-state index contributed by atoms with van der Waals surface area (Å²) in [6.07, 6.45) is 1.52. The van der Waals surface area contributed by atoms with E-state index < -0.39 is 11.0 Å². The first-order valence-corrected chi connectivity index (χ1v) is 6.25. The largest absolute Gasteiger partial charge is 0.481 e. The molecule has 6 nitrogen and oxygen atoms in total. The fourth-order valence-corrected chi connectivity index (χ4v) is 2.00. The molecule has 2 aromatic rings. The van der Waals surface area contributed by atoms with Crippen LogP contribution in [0.3, 0.4) is 0 Å². The number of ether oxygens (including phenoxy) is 1. The zero-order valence-corrected chi connectivity index (χ0v) is 10.5. The summed E-state index contributed by atoms with van der Waals surface area (Å²) in [4.78, 5) is 8.56. The van der Waals surface area contributed by atoms with Crippen LogP contribution in [0.25, 0.3) is 0 Å². The van der Waals surface area contributed by atoms with E-state index in [2.05, 4.69) is 14.7 Å². The fourth-order valence-electron chi connectivity index (χ4n) is 1.24. The maximum absolute atomic E-state index is 12.0. The molecule has 0 saturated carbocycles. The van der Waals surface area contributed by atoms with Gasteiger partial charge in [0.1, 0.15) is 0 Å². The van der Waals surface area contributed by atoms with E-state index in [9.17, 15) is 4.21 Å². The highest BCUT2D eigenvalue weighted by atomic mass is 32.2. The molecule has 1 heterocycles. The molecule has 1 atom stereocenters. The quantitative estimate of drug-likeness (QED) is 0.810. The Balaban J connectivity index is 2.13. The molecule has 2 rings (SSSR count). The second-order valence-electron chi connectivity index (χ2n) is 3.36. The molecule has 7 heteroatoms. The van der Waals surface area contributed by atoms with Gasteiger partial charge in [0.25, 0.3) is 0 Å². The van der Waals surface area contributed by atoms with Gasteiger partial charge < -0.3 is 10.5 Å². The first-order valence-electron chi connectivity index (χ1n) is 5.10. The highest BCUT2D eigenvalue weighted by Crippen LogP contribution is 2.13. The van der Waals surface area contributed by atoms with E-state index in [0.717, 1.165) is 0 Å². The zero-order valence-electron chi connectivity index (χ0n) is 9.66. The predicted octanol–water partition coefficient (Wildman–Crippen LogP) is 1.20. The molecule has 1 unspecified atom stereocenters. The van der Waals surface area contributed by atoms with Gasteiger partial charge in [-0.3, -0.25) is 4.72 Å². The number of hydrogen-bond donors (Lipinski definition) is 2. The number of nitrogen functional groups attached to an aromatic ring is 1.